The van der Waals surface area contributed by atoms with Gasteiger partial charge in [-0.05, 0) is 11.1 Å². The van der Waals surface area contributed by atoms with E-state index < -0.39 is 16.6 Å². The van der Waals surface area contributed by atoms with Gasteiger partial charge in [0.25, 0.3) is 16.6 Å². The Bertz CT molecular complexity index is 516. The minimum Gasteiger partial charge on any atom is -0.216 e. The maximum atomic E-state index is 12.6. The number of hydrogen-bond donors (Lipinski definition) is 1. The van der Waals surface area contributed by atoms with Crippen LogP contribution in [0.4, 0.5) is 8.78 Å². The van der Waals surface area contributed by atoms with Gasteiger partial charge in [-0.1, -0.05) is 18.2 Å². The fraction of sp³-hybridized carbons (Fsp3) is 0.333. The zero-order valence-corrected chi connectivity index (χ0v) is 9.05. The minimum atomic E-state index is -3.82. The van der Waals surface area contributed by atoms with Gasteiger partial charge < -0.3 is 0 Å². The van der Waals surface area contributed by atoms with Crippen LogP contribution in [-0.2, 0) is 23.3 Å². The van der Waals surface area contributed by atoms with Crippen LogP contribution in [0.1, 0.15) is 23.1 Å². The van der Waals surface area contributed by atoms with Gasteiger partial charge in [0.05, 0.1) is 0 Å². The maximum absolute atomic E-state index is 12.6. The summed E-state index contributed by atoms with van der Waals surface area (Å²) >= 11 is 0. The normalized spacial score (nSPS) is 16.8. The zero-order chi connectivity index (χ0) is 11.9. The van der Waals surface area contributed by atoms with Crippen molar-refractivity contribution in [1.82, 2.24) is 4.31 Å². The number of nitrogens with zero attached hydrogens (tertiary/aromatic N) is 1. The van der Waals surface area contributed by atoms with Crippen molar-refractivity contribution in [2.24, 2.45) is 5.14 Å². The molecule has 0 amide bonds. The lowest BCUT2D eigenvalue weighted by molar-refractivity contribution is 0.150. The average molecular weight is 248 g/mol. The molecule has 0 bridgehead atoms. The second kappa shape index (κ2) is 3.76. The number of nitrogens with two attached hydrogens (primary N) is 1. The summed E-state index contributed by atoms with van der Waals surface area (Å²) in [5, 5.41) is 4.96. The molecule has 1 aromatic rings. The third-order valence-electron chi connectivity index (χ3n) is 2.59. The van der Waals surface area contributed by atoms with Gasteiger partial charge in [-0.15, -0.1) is 0 Å². The standard InChI is InChI=1S/C9H10F2N2O2S/c10-9(11)7-3-1-2-6-4-13(5-8(6)7)16(12,14)15/h1-3,9H,4-5H2,(H2,12,14,15). The molecule has 0 aromatic heterocycles. The molecular formula is C9H10F2N2O2S. The fourth-order valence-corrected chi connectivity index (χ4v) is 2.43. The molecule has 0 fully saturated rings. The molecule has 0 aliphatic carbocycles. The van der Waals surface area contributed by atoms with E-state index in [9.17, 15) is 17.2 Å². The molecule has 4 nitrogen and oxygen atoms in total. The third kappa shape index (κ3) is 1.93. The average Bonchev–Trinajstić information content (AvgIpc) is 2.59. The largest absolute Gasteiger partial charge is 0.277 e. The quantitative estimate of drug-likeness (QED) is 0.853. The van der Waals surface area contributed by atoms with E-state index in [1.807, 2.05) is 0 Å². The number of benzene rings is 1. The van der Waals surface area contributed by atoms with Crippen molar-refractivity contribution in [2.45, 2.75) is 19.5 Å². The summed E-state index contributed by atoms with van der Waals surface area (Å²) < 4.78 is 48.5. The van der Waals surface area contributed by atoms with Gasteiger partial charge in [-0.25, -0.2) is 13.9 Å². The van der Waals surface area contributed by atoms with Gasteiger partial charge in [-0.2, -0.15) is 12.7 Å². The number of rotatable bonds is 2. The molecule has 1 aliphatic heterocycles. The number of halogens is 2. The van der Waals surface area contributed by atoms with Crippen molar-refractivity contribution in [1.29, 1.82) is 0 Å². The van der Waals surface area contributed by atoms with Crippen molar-refractivity contribution in [3.8, 4) is 0 Å². The molecule has 1 heterocycles. The summed E-state index contributed by atoms with van der Waals surface area (Å²) in [7, 11) is -3.82. The van der Waals surface area contributed by atoms with E-state index in [2.05, 4.69) is 0 Å². The lowest BCUT2D eigenvalue weighted by atomic mass is 10.0. The fourth-order valence-electron chi connectivity index (χ4n) is 1.80. The van der Waals surface area contributed by atoms with Crippen LogP contribution in [0.25, 0.3) is 0 Å². The number of fused-ring (bicyclic) bond motifs is 1. The monoisotopic (exact) mass is 248 g/mol. The van der Waals surface area contributed by atoms with Crippen molar-refractivity contribution in [3.05, 3.63) is 34.9 Å². The van der Waals surface area contributed by atoms with Crippen LogP contribution < -0.4 is 5.14 Å². The van der Waals surface area contributed by atoms with Gasteiger partial charge in [0.15, 0.2) is 0 Å². The van der Waals surface area contributed by atoms with Gasteiger partial charge in [0.2, 0.25) is 0 Å². The first-order valence-electron chi connectivity index (χ1n) is 4.56. The summed E-state index contributed by atoms with van der Waals surface area (Å²) in [6, 6.07) is 4.43. The van der Waals surface area contributed by atoms with Crippen LogP contribution in [0.2, 0.25) is 0 Å². The van der Waals surface area contributed by atoms with Crippen LogP contribution in [0.15, 0.2) is 18.2 Å². The van der Waals surface area contributed by atoms with E-state index in [-0.39, 0.29) is 18.7 Å². The molecule has 2 rings (SSSR count). The molecule has 7 heteroatoms. The first kappa shape index (κ1) is 11.4. The second-order valence-electron chi connectivity index (χ2n) is 3.60. The van der Waals surface area contributed by atoms with E-state index in [1.54, 1.807) is 6.07 Å². The summed E-state index contributed by atoms with van der Waals surface area (Å²) in [5.74, 6) is 0. The Kier molecular flexibility index (Phi) is 2.69. The lowest BCUT2D eigenvalue weighted by Gasteiger charge is -2.10. The van der Waals surface area contributed by atoms with Crippen molar-refractivity contribution in [2.75, 3.05) is 0 Å². The Balaban J connectivity index is 2.41. The SMILES string of the molecule is NS(=O)(=O)N1Cc2cccc(C(F)F)c2C1. The molecule has 2 N–H and O–H groups in total. The van der Waals surface area contributed by atoms with Gasteiger partial charge in [0, 0.05) is 18.7 Å². The Morgan fingerprint density at radius 2 is 2.00 bits per heavy atom. The predicted octanol–water partition coefficient (Wildman–Crippen LogP) is 1.14. The van der Waals surface area contributed by atoms with Crippen LogP contribution in [0.3, 0.4) is 0 Å². The molecule has 1 aliphatic rings. The van der Waals surface area contributed by atoms with Crippen molar-refractivity contribution in [3.63, 3.8) is 0 Å². The summed E-state index contributed by atoms with van der Waals surface area (Å²) in [6.45, 7) is -0.0105. The Labute approximate surface area is 91.8 Å². The third-order valence-corrected chi connectivity index (χ3v) is 3.56. The predicted molar refractivity (Wildman–Crippen MR) is 53.8 cm³/mol. The van der Waals surface area contributed by atoms with Gasteiger partial charge in [0.1, 0.15) is 0 Å². The van der Waals surface area contributed by atoms with E-state index in [0.717, 1.165) is 4.31 Å². The highest BCUT2D eigenvalue weighted by atomic mass is 32.2. The van der Waals surface area contributed by atoms with Gasteiger partial charge in [-0.3, -0.25) is 0 Å². The molecule has 0 atom stereocenters. The van der Waals surface area contributed by atoms with Crippen LogP contribution in [0, 0.1) is 0 Å². The molecule has 16 heavy (non-hydrogen) atoms. The van der Waals surface area contributed by atoms with Crippen LogP contribution in [0.5, 0.6) is 0 Å². The van der Waals surface area contributed by atoms with E-state index in [1.165, 1.54) is 12.1 Å². The number of hydrogen-bond acceptors (Lipinski definition) is 2. The highest BCUT2D eigenvalue weighted by Crippen LogP contribution is 2.32. The topological polar surface area (TPSA) is 63.4 Å². The molecule has 88 valence electrons. The lowest BCUT2D eigenvalue weighted by Crippen LogP contribution is -2.32. The van der Waals surface area contributed by atoms with E-state index in [4.69, 9.17) is 5.14 Å². The molecule has 1 aromatic carbocycles. The number of alkyl halides is 2. The minimum absolute atomic E-state index is 0.0642. The van der Waals surface area contributed by atoms with Gasteiger partial charge >= 0.3 is 0 Å². The highest BCUT2D eigenvalue weighted by molar-refractivity contribution is 7.86. The first-order chi connectivity index (χ1) is 7.39. The smallest absolute Gasteiger partial charge is 0.216 e. The maximum Gasteiger partial charge on any atom is 0.277 e. The molecular weight excluding hydrogens is 238 g/mol. The van der Waals surface area contributed by atoms with Crippen molar-refractivity contribution < 1.29 is 17.2 Å². The summed E-state index contributed by atoms with van der Waals surface area (Å²) in [4.78, 5) is 0. The first-order valence-corrected chi connectivity index (χ1v) is 6.06. The Morgan fingerprint density at radius 1 is 1.31 bits per heavy atom. The van der Waals surface area contributed by atoms with E-state index in [0.29, 0.717) is 11.1 Å². The molecule has 0 saturated heterocycles. The zero-order valence-electron chi connectivity index (χ0n) is 8.23. The Morgan fingerprint density at radius 3 is 2.56 bits per heavy atom. The molecule has 0 saturated carbocycles. The summed E-state index contributed by atoms with van der Waals surface area (Å²) in [6.07, 6.45) is -2.60. The van der Waals surface area contributed by atoms with Crippen LogP contribution >= 0.6 is 0 Å². The molecule has 0 radical (unpaired) electrons. The molecule has 0 spiro atoms. The summed E-state index contributed by atoms with van der Waals surface area (Å²) in [5.41, 5.74) is 0.835. The van der Waals surface area contributed by atoms with Crippen molar-refractivity contribution >= 4 is 10.2 Å². The Hall–Kier alpha value is -1.05. The second-order valence-corrected chi connectivity index (χ2v) is 5.14. The van der Waals surface area contributed by atoms with E-state index >= 15 is 0 Å². The van der Waals surface area contributed by atoms with Crippen LogP contribution in [-0.4, -0.2) is 12.7 Å². The molecule has 0 unspecified atom stereocenters. The highest BCUT2D eigenvalue weighted by Gasteiger charge is 2.29.